The van der Waals surface area contributed by atoms with E-state index in [-0.39, 0.29) is 12.3 Å². The van der Waals surface area contributed by atoms with Crippen molar-refractivity contribution in [1.82, 2.24) is 4.57 Å². The summed E-state index contributed by atoms with van der Waals surface area (Å²) < 4.78 is 29.4. The number of nitrogens with zero attached hydrogens (tertiary/aromatic N) is 2. The number of rotatable bonds is 5. The lowest BCUT2D eigenvalue weighted by atomic mass is 10.0. The minimum absolute atomic E-state index is 0.203. The smallest absolute Gasteiger partial charge is 0.306 e. The first kappa shape index (κ1) is 17.1. The SMILES string of the molecule is CCn1c(C)cc(C#N)c1-c1ccc(OS(C)(=O)=O)cc1CN. The molecule has 0 bridgehead atoms. The van der Waals surface area contributed by atoms with Gasteiger partial charge in [-0.1, -0.05) is 0 Å². The van der Waals surface area contributed by atoms with E-state index in [0.29, 0.717) is 12.1 Å². The lowest BCUT2D eigenvalue weighted by molar-refractivity contribution is 0.492. The molecule has 0 aliphatic rings. The molecule has 7 heteroatoms. The molecule has 1 aromatic heterocycles. The normalized spacial score (nSPS) is 11.3. The molecule has 0 saturated carbocycles. The molecule has 0 saturated heterocycles. The van der Waals surface area contributed by atoms with E-state index in [9.17, 15) is 13.7 Å². The van der Waals surface area contributed by atoms with Gasteiger partial charge in [-0.15, -0.1) is 0 Å². The van der Waals surface area contributed by atoms with E-state index < -0.39 is 10.1 Å². The monoisotopic (exact) mass is 333 g/mol. The van der Waals surface area contributed by atoms with Crippen LogP contribution in [0, 0.1) is 18.3 Å². The van der Waals surface area contributed by atoms with Crippen LogP contribution in [0.3, 0.4) is 0 Å². The summed E-state index contributed by atoms with van der Waals surface area (Å²) in [5.74, 6) is 0.210. The maximum atomic E-state index is 11.3. The van der Waals surface area contributed by atoms with Crippen molar-refractivity contribution in [2.24, 2.45) is 5.73 Å². The zero-order chi connectivity index (χ0) is 17.2. The molecular weight excluding hydrogens is 314 g/mol. The molecule has 0 fully saturated rings. The minimum atomic E-state index is -3.60. The first-order valence-electron chi connectivity index (χ1n) is 7.13. The maximum absolute atomic E-state index is 11.3. The lowest BCUT2D eigenvalue weighted by Gasteiger charge is -2.14. The molecule has 0 atom stereocenters. The van der Waals surface area contributed by atoms with Crippen LogP contribution in [0.2, 0.25) is 0 Å². The average molecular weight is 333 g/mol. The fourth-order valence-corrected chi connectivity index (χ4v) is 3.11. The zero-order valence-electron chi connectivity index (χ0n) is 13.3. The van der Waals surface area contributed by atoms with Gasteiger partial charge in [-0.3, -0.25) is 0 Å². The number of aromatic nitrogens is 1. The van der Waals surface area contributed by atoms with Crippen molar-refractivity contribution in [1.29, 1.82) is 5.26 Å². The van der Waals surface area contributed by atoms with E-state index >= 15 is 0 Å². The Hall–Kier alpha value is -2.30. The number of nitriles is 1. The van der Waals surface area contributed by atoms with Gasteiger partial charge in [-0.25, -0.2) is 0 Å². The molecule has 0 aliphatic heterocycles. The van der Waals surface area contributed by atoms with Gasteiger partial charge in [0.2, 0.25) is 0 Å². The molecule has 0 aliphatic carbocycles. The predicted octanol–water partition coefficient (Wildman–Crippen LogP) is 2.15. The van der Waals surface area contributed by atoms with Crippen LogP contribution in [-0.2, 0) is 23.2 Å². The van der Waals surface area contributed by atoms with E-state index in [1.165, 1.54) is 0 Å². The second-order valence-corrected chi connectivity index (χ2v) is 6.79. The van der Waals surface area contributed by atoms with Gasteiger partial charge < -0.3 is 14.5 Å². The van der Waals surface area contributed by atoms with Crippen molar-refractivity contribution in [2.45, 2.75) is 26.9 Å². The van der Waals surface area contributed by atoms with Crippen molar-refractivity contribution < 1.29 is 12.6 Å². The lowest BCUT2D eigenvalue weighted by Crippen LogP contribution is -2.08. The Morgan fingerprint density at radius 1 is 1.35 bits per heavy atom. The maximum Gasteiger partial charge on any atom is 0.306 e. The number of hydrogen-bond donors (Lipinski definition) is 1. The molecule has 2 aromatic rings. The van der Waals surface area contributed by atoms with Crippen LogP contribution in [0.25, 0.3) is 11.3 Å². The van der Waals surface area contributed by atoms with Crippen molar-refractivity contribution in [3.8, 4) is 23.1 Å². The second-order valence-electron chi connectivity index (χ2n) is 5.21. The van der Waals surface area contributed by atoms with Crippen LogP contribution in [0.15, 0.2) is 24.3 Å². The standard InChI is InChI=1S/C16H19N3O3S/c1-4-19-11(2)7-13(10-18)16(19)15-6-5-14(8-12(15)9-17)22-23(3,20)21/h5-8H,4,9,17H2,1-3H3. The molecule has 0 amide bonds. The number of nitrogens with two attached hydrogens (primary N) is 1. The van der Waals surface area contributed by atoms with Crippen LogP contribution in [0.4, 0.5) is 0 Å². The van der Waals surface area contributed by atoms with Crippen LogP contribution in [0.5, 0.6) is 5.75 Å². The Labute approximate surface area is 136 Å². The first-order chi connectivity index (χ1) is 10.8. The molecule has 6 nitrogen and oxygen atoms in total. The summed E-state index contributed by atoms with van der Waals surface area (Å²) in [5, 5.41) is 9.39. The molecule has 23 heavy (non-hydrogen) atoms. The van der Waals surface area contributed by atoms with Crippen molar-refractivity contribution >= 4 is 10.1 Å². The third-order valence-corrected chi connectivity index (χ3v) is 4.04. The van der Waals surface area contributed by atoms with Crippen LogP contribution < -0.4 is 9.92 Å². The second kappa shape index (κ2) is 6.44. The fourth-order valence-electron chi connectivity index (χ4n) is 2.66. The Balaban J connectivity index is 2.64. The quantitative estimate of drug-likeness (QED) is 0.845. The largest absolute Gasteiger partial charge is 0.383 e. The molecule has 1 heterocycles. The highest BCUT2D eigenvalue weighted by atomic mass is 32.2. The summed E-state index contributed by atoms with van der Waals surface area (Å²) in [6, 6.07) is 8.94. The predicted molar refractivity (Wildman–Crippen MR) is 88.4 cm³/mol. The van der Waals surface area contributed by atoms with Crippen molar-refractivity contribution in [3.05, 3.63) is 41.1 Å². The van der Waals surface area contributed by atoms with Gasteiger partial charge in [0.15, 0.2) is 0 Å². The van der Waals surface area contributed by atoms with Crippen LogP contribution in [0.1, 0.15) is 23.7 Å². The summed E-state index contributed by atoms with van der Waals surface area (Å²) in [6.07, 6.45) is 0.989. The Bertz CT molecular complexity index is 877. The third-order valence-electron chi connectivity index (χ3n) is 3.54. The van der Waals surface area contributed by atoms with Gasteiger partial charge >= 0.3 is 10.1 Å². The summed E-state index contributed by atoms with van der Waals surface area (Å²) in [7, 11) is -3.60. The Kier molecular flexibility index (Phi) is 4.78. The zero-order valence-corrected chi connectivity index (χ0v) is 14.1. The van der Waals surface area contributed by atoms with Crippen molar-refractivity contribution in [2.75, 3.05) is 6.26 Å². The molecule has 0 unspecified atom stereocenters. The van der Waals surface area contributed by atoms with Crippen molar-refractivity contribution in [3.63, 3.8) is 0 Å². The molecular formula is C16H19N3O3S. The topological polar surface area (TPSA) is 98.1 Å². The molecule has 0 spiro atoms. The number of benzene rings is 1. The van der Waals surface area contributed by atoms with E-state index in [0.717, 1.165) is 28.8 Å². The van der Waals surface area contributed by atoms with Gasteiger partial charge in [0, 0.05) is 24.3 Å². The molecule has 1 aromatic carbocycles. The van der Waals surface area contributed by atoms with Gasteiger partial charge in [-0.05, 0) is 43.7 Å². The highest BCUT2D eigenvalue weighted by Crippen LogP contribution is 2.32. The van der Waals surface area contributed by atoms with E-state index in [2.05, 4.69) is 6.07 Å². The van der Waals surface area contributed by atoms with Gasteiger partial charge in [0.1, 0.15) is 11.8 Å². The van der Waals surface area contributed by atoms with E-state index in [1.807, 2.05) is 24.5 Å². The van der Waals surface area contributed by atoms with Crippen LogP contribution >= 0.6 is 0 Å². The summed E-state index contributed by atoms with van der Waals surface area (Å²) in [6.45, 7) is 4.86. The molecule has 122 valence electrons. The van der Waals surface area contributed by atoms with Gasteiger partial charge in [0.25, 0.3) is 0 Å². The van der Waals surface area contributed by atoms with Gasteiger partial charge in [-0.2, -0.15) is 13.7 Å². The highest BCUT2D eigenvalue weighted by Gasteiger charge is 2.17. The molecule has 2 N–H and O–H groups in total. The fraction of sp³-hybridized carbons (Fsp3) is 0.312. The number of aryl methyl sites for hydroxylation is 1. The van der Waals surface area contributed by atoms with Crippen LogP contribution in [-0.4, -0.2) is 19.2 Å². The minimum Gasteiger partial charge on any atom is -0.383 e. The Morgan fingerprint density at radius 2 is 2.04 bits per heavy atom. The number of hydrogen-bond acceptors (Lipinski definition) is 5. The summed E-state index contributed by atoms with van der Waals surface area (Å²) >= 11 is 0. The summed E-state index contributed by atoms with van der Waals surface area (Å²) in [4.78, 5) is 0. The van der Waals surface area contributed by atoms with E-state index in [4.69, 9.17) is 9.92 Å². The highest BCUT2D eigenvalue weighted by molar-refractivity contribution is 7.86. The Morgan fingerprint density at radius 3 is 2.57 bits per heavy atom. The third kappa shape index (κ3) is 3.55. The molecule has 2 rings (SSSR count). The van der Waals surface area contributed by atoms with Gasteiger partial charge in [0.05, 0.1) is 17.5 Å². The average Bonchev–Trinajstić information content (AvgIpc) is 2.81. The molecule has 0 radical (unpaired) electrons. The van der Waals surface area contributed by atoms with E-state index in [1.54, 1.807) is 18.2 Å². The summed E-state index contributed by atoms with van der Waals surface area (Å²) in [5.41, 5.74) is 9.68. The first-order valence-corrected chi connectivity index (χ1v) is 8.95.